The van der Waals surface area contributed by atoms with Gasteiger partial charge in [0.1, 0.15) is 0 Å². The van der Waals surface area contributed by atoms with E-state index in [4.69, 9.17) is 28.9 Å². The van der Waals surface area contributed by atoms with Crippen LogP contribution in [0, 0.1) is 11.8 Å². The van der Waals surface area contributed by atoms with Crippen molar-refractivity contribution in [3.63, 3.8) is 0 Å². The molecule has 2 atom stereocenters. The molecule has 4 rings (SSSR count). The molecule has 3 N–H and O–H groups in total. The van der Waals surface area contributed by atoms with E-state index in [0.717, 1.165) is 28.7 Å². The van der Waals surface area contributed by atoms with Gasteiger partial charge in [0.15, 0.2) is 5.82 Å². The van der Waals surface area contributed by atoms with Gasteiger partial charge in [0.05, 0.1) is 10.0 Å². The molecule has 0 saturated heterocycles. The Bertz CT molecular complexity index is 663. The van der Waals surface area contributed by atoms with Crippen molar-refractivity contribution >= 4 is 29.0 Å². The molecule has 1 heterocycles. The van der Waals surface area contributed by atoms with Crippen molar-refractivity contribution in [3.05, 3.63) is 33.9 Å². The van der Waals surface area contributed by atoms with Crippen LogP contribution >= 0.6 is 23.2 Å². The highest BCUT2D eigenvalue weighted by atomic mass is 35.5. The Morgan fingerprint density at radius 2 is 1.67 bits per heavy atom. The third kappa shape index (κ3) is 2.06. The first kappa shape index (κ1) is 13.5. The number of aromatic nitrogens is 2. The average Bonchev–Trinajstić information content (AvgIpc) is 3.09. The fourth-order valence-corrected chi connectivity index (χ4v) is 4.62. The van der Waals surface area contributed by atoms with E-state index in [0.29, 0.717) is 21.8 Å². The van der Waals surface area contributed by atoms with Crippen LogP contribution in [0.1, 0.15) is 37.3 Å². The second-order valence-electron chi connectivity index (χ2n) is 6.13. The maximum atomic E-state index is 6.36. The molecule has 1 aromatic carbocycles. The standard InChI is InChI=1S/C16H17Cl2N3/c17-10-6-3-7-11(18)13(10)14-15(20-21-16(14)19)12-8-4-1-2-5-9(8)12/h3,6-9,12H,1-2,4-5H2,(H3,19,20,21). The SMILES string of the molecule is Nc1n[nH]c(C2C3CCCCC32)c1-c1c(Cl)cccc1Cl. The number of anilines is 1. The van der Waals surface area contributed by atoms with Crippen molar-refractivity contribution in [2.45, 2.75) is 31.6 Å². The highest BCUT2D eigenvalue weighted by molar-refractivity contribution is 6.39. The number of benzene rings is 1. The lowest BCUT2D eigenvalue weighted by Crippen LogP contribution is -1.93. The summed E-state index contributed by atoms with van der Waals surface area (Å²) >= 11 is 12.7. The van der Waals surface area contributed by atoms with Gasteiger partial charge in [-0.2, -0.15) is 5.10 Å². The normalized spacial score (nSPS) is 27.4. The number of nitrogens with two attached hydrogens (primary N) is 1. The van der Waals surface area contributed by atoms with E-state index in [2.05, 4.69) is 10.2 Å². The van der Waals surface area contributed by atoms with Gasteiger partial charge in [0, 0.05) is 22.7 Å². The van der Waals surface area contributed by atoms with Crippen molar-refractivity contribution in [3.8, 4) is 11.1 Å². The number of aromatic amines is 1. The Hall–Kier alpha value is -1.19. The Morgan fingerprint density at radius 1 is 1.05 bits per heavy atom. The fourth-order valence-electron chi connectivity index (χ4n) is 4.03. The zero-order chi connectivity index (χ0) is 14.6. The molecule has 0 aliphatic heterocycles. The first-order valence-electron chi connectivity index (χ1n) is 7.46. The smallest absolute Gasteiger partial charge is 0.153 e. The Morgan fingerprint density at radius 3 is 2.29 bits per heavy atom. The number of hydrogen-bond acceptors (Lipinski definition) is 2. The molecule has 5 heteroatoms. The summed E-state index contributed by atoms with van der Waals surface area (Å²) in [7, 11) is 0. The minimum Gasteiger partial charge on any atom is -0.382 e. The maximum absolute atomic E-state index is 6.36. The summed E-state index contributed by atoms with van der Waals surface area (Å²) in [4.78, 5) is 0. The zero-order valence-electron chi connectivity index (χ0n) is 11.6. The van der Waals surface area contributed by atoms with Crippen molar-refractivity contribution in [2.24, 2.45) is 11.8 Å². The molecule has 2 unspecified atom stereocenters. The largest absolute Gasteiger partial charge is 0.382 e. The molecule has 0 spiro atoms. The zero-order valence-corrected chi connectivity index (χ0v) is 13.1. The Labute approximate surface area is 133 Å². The minimum atomic E-state index is 0.489. The van der Waals surface area contributed by atoms with E-state index in [1.165, 1.54) is 25.7 Å². The van der Waals surface area contributed by atoms with Crippen molar-refractivity contribution in [1.82, 2.24) is 10.2 Å². The number of halogens is 2. The maximum Gasteiger partial charge on any atom is 0.153 e. The number of nitrogens with one attached hydrogen (secondary N) is 1. The van der Waals surface area contributed by atoms with Crippen LogP contribution in [-0.4, -0.2) is 10.2 Å². The van der Waals surface area contributed by atoms with E-state index in [1.807, 2.05) is 18.2 Å². The summed E-state index contributed by atoms with van der Waals surface area (Å²) in [6.07, 6.45) is 5.29. The van der Waals surface area contributed by atoms with Gasteiger partial charge in [-0.25, -0.2) is 0 Å². The van der Waals surface area contributed by atoms with Crippen molar-refractivity contribution in [1.29, 1.82) is 0 Å². The van der Waals surface area contributed by atoms with Gasteiger partial charge in [-0.1, -0.05) is 42.1 Å². The number of nitrogen functional groups attached to an aromatic ring is 1. The third-order valence-corrected chi connectivity index (χ3v) is 5.65. The number of hydrogen-bond donors (Lipinski definition) is 2. The lowest BCUT2D eigenvalue weighted by atomic mass is 10.0. The van der Waals surface area contributed by atoms with E-state index >= 15 is 0 Å². The van der Waals surface area contributed by atoms with Gasteiger partial charge < -0.3 is 5.73 Å². The van der Waals surface area contributed by atoms with Crippen molar-refractivity contribution in [2.75, 3.05) is 5.73 Å². The molecule has 2 aliphatic rings. The number of nitrogens with zero attached hydrogens (tertiary/aromatic N) is 1. The first-order chi connectivity index (χ1) is 10.2. The van der Waals surface area contributed by atoms with Gasteiger partial charge in [0.2, 0.25) is 0 Å². The quantitative estimate of drug-likeness (QED) is 0.829. The van der Waals surface area contributed by atoms with Gasteiger partial charge in [-0.15, -0.1) is 0 Å². The number of rotatable bonds is 2. The highest BCUT2D eigenvalue weighted by Gasteiger charge is 2.53. The first-order valence-corrected chi connectivity index (χ1v) is 8.22. The average molecular weight is 322 g/mol. The molecule has 0 bridgehead atoms. The molecule has 110 valence electrons. The molecule has 2 aliphatic carbocycles. The monoisotopic (exact) mass is 321 g/mol. The van der Waals surface area contributed by atoms with Gasteiger partial charge in [-0.05, 0) is 36.8 Å². The second kappa shape index (κ2) is 4.92. The van der Waals surface area contributed by atoms with E-state index in [1.54, 1.807) is 0 Å². The highest BCUT2D eigenvalue weighted by Crippen LogP contribution is 2.62. The van der Waals surface area contributed by atoms with E-state index in [9.17, 15) is 0 Å². The molecule has 2 aromatic rings. The second-order valence-corrected chi connectivity index (χ2v) is 6.95. The van der Waals surface area contributed by atoms with Crippen molar-refractivity contribution < 1.29 is 0 Å². The van der Waals surface area contributed by atoms with E-state index in [-0.39, 0.29) is 0 Å². The predicted octanol–water partition coefficient (Wildman–Crippen LogP) is 4.87. The molecular formula is C16H17Cl2N3. The predicted molar refractivity (Wildman–Crippen MR) is 86.6 cm³/mol. The Kier molecular flexibility index (Phi) is 3.16. The molecule has 0 amide bonds. The van der Waals surface area contributed by atoms with Crippen LogP contribution in [0.2, 0.25) is 10.0 Å². The van der Waals surface area contributed by atoms with Crippen LogP contribution < -0.4 is 5.73 Å². The van der Waals surface area contributed by atoms with Gasteiger partial charge >= 0.3 is 0 Å². The lowest BCUT2D eigenvalue weighted by molar-refractivity contribution is 0.480. The number of fused-ring (bicyclic) bond motifs is 1. The number of H-pyrrole nitrogens is 1. The summed E-state index contributed by atoms with van der Waals surface area (Å²) in [5.41, 5.74) is 8.95. The summed E-state index contributed by atoms with van der Waals surface area (Å²) in [6, 6.07) is 5.54. The van der Waals surface area contributed by atoms with Crippen LogP contribution in [0.4, 0.5) is 5.82 Å². The summed E-state index contributed by atoms with van der Waals surface area (Å²) in [6.45, 7) is 0. The van der Waals surface area contributed by atoms with Gasteiger partial charge in [0.25, 0.3) is 0 Å². The van der Waals surface area contributed by atoms with Crippen LogP contribution in [0.5, 0.6) is 0 Å². The van der Waals surface area contributed by atoms with Crippen LogP contribution in [0.15, 0.2) is 18.2 Å². The molecular weight excluding hydrogens is 305 g/mol. The topological polar surface area (TPSA) is 54.7 Å². The third-order valence-electron chi connectivity index (χ3n) is 5.02. The molecule has 21 heavy (non-hydrogen) atoms. The van der Waals surface area contributed by atoms with Crippen LogP contribution in [-0.2, 0) is 0 Å². The lowest BCUT2D eigenvalue weighted by Gasteiger charge is -2.08. The van der Waals surface area contributed by atoms with E-state index < -0.39 is 0 Å². The van der Waals surface area contributed by atoms with Gasteiger partial charge in [-0.3, -0.25) is 5.10 Å². The van der Waals surface area contributed by atoms with Crippen LogP contribution in [0.25, 0.3) is 11.1 Å². The molecule has 2 fully saturated rings. The van der Waals surface area contributed by atoms with Crippen LogP contribution in [0.3, 0.4) is 0 Å². The minimum absolute atomic E-state index is 0.489. The summed E-state index contributed by atoms with van der Waals surface area (Å²) in [5.74, 6) is 2.58. The fraction of sp³-hybridized carbons (Fsp3) is 0.438. The molecule has 1 aromatic heterocycles. The Balaban J connectivity index is 1.82. The summed E-state index contributed by atoms with van der Waals surface area (Å²) in [5, 5.41) is 8.63. The molecule has 3 nitrogen and oxygen atoms in total. The summed E-state index contributed by atoms with van der Waals surface area (Å²) < 4.78 is 0. The molecule has 0 radical (unpaired) electrons. The molecule has 2 saturated carbocycles.